The fourth-order valence-electron chi connectivity index (χ4n) is 2.98. The van der Waals surface area contributed by atoms with Crippen LogP contribution in [0.25, 0.3) is 0 Å². The number of aliphatic hydroxyl groups excluding tert-OH is 1. The van der Waals surface area contributed by atoms with Gasteiger partial charge in [-0.25, -0.2) is 0 Å². The van der Waals surface area contributed by atoms with E-state index in [2.05, 4.69) is 10.6 Å². The first-order valence-electron chi connectivity index (χ1n) is 8.92. The number of carbonyl (C=O) groups excluding carboxylic acids is 2. The highest BCUT2D eigenvalue weighted by Crippen LogP contribution is 2.33. The first kappa shape index (κ1) is 19.5. The fraction of sp³-hybridized carbons (Fsp3) is 0.300. The summed E-state index contributed by atoms with van der Waals surface area (Å²) in [5.41, 5.74) is 0.770. The van der Waals surface area contributed by atoms with Gasteiger partial charge in [0.15, 0.2) is 11.9 Å². The first-order chi connectivity index (χ1) is 13.3. The summed E-state index contributed by atoms with van der Waals surface area (Å²) in [6, 6.07) is 8.00. The predicted molar refractivity (Wildman–Crippen MR) is 103 cm³/mol. The zero-order valence-corrected chi connectivity index (χ0v) is 15.9. The summed E-state index contributed by atoms with van der Waals surface area (Å²) in [6.45, 7) is 1.95. The predicted octanol–water partition coefficient (Wildman–Crippen LogP) is 1.99. The lowest BCUT2D eigenvalue weighted by Crippen LogP contribution is -2.46. The molecule has 1 amide bonds. The third-order valence-corrected chi connectivity index (χ3v) is 4.59. The number of Topliss-reactive ketones (excluding diaryl/α,β-unsaturated/α-hetero) is 1. The van der Waals surface area contributed by atoms with Crippen molar-refractivity contribution in [1.29, 1.82) is 0 Å². The third kappa shape index (κ3) is 3.46. The van der Waals surface area contributed by atoms with Crippen LogP contribution in [0.3, 0.4) is 0 Å². The number of benzene rings is 1. The Balaban J connectivity index is 1.89. The Hall–Kier alpha value is -3.26. The van der Waals surface area contributed by atoms with Gasteiger partial charge < -0.3 is 30.2 Å². The van der Waals surface area contributed by atoms with Gasteiger partial charge in [0, 0.05) is 14.1 Å². The number of hydrogen-bond donors (Lipinski definition) is 4. The van der Waals surface area contributed by atoms with E-state index in [-0.39, 0.29) is 34.6 Å². The van der Waals surface area contributed by atoms with Crippen molar-refractivity contribution < 1.29 is 24.2 Å². The second-order valence-corrected chi connectivity index (χ2v) is 6.70. The number of furan rings is 1. The van der Waals surface area contributed by atoms with Gasteiger partial charge in [-0.3, -0.25) is 9.59 Å². The SMILES string of the molecule is CCC(NC1=C(Nc2cccc(C(=O)N(C)C)c2O)C(=O)C1O)c1ccco1. The molecule has 148 valence electrons. The molecule has 0 bridgehead atoms. The molecule has 0 fully saturated rings. The molecule has 2 aromatic rings. The molecule has 28 heavy (non-hydrogen) atoms. The molecule has 0 radical (unpaired) electrons. The molecule has 2 unspecified atom stereocenters. The molecule has 8 heteroatoms. The van der Waals surface area contributed by atoms with Gasteiger partial charge >= 0.3 is 0 Å². The van der Waals surface area contributed by atoms with E-state index in [1.54, 1.807) is 38.6 Å². The van der Waals surface area contributed by atoms with Gasteiger partial charge in [0.2, 0.25) is 5.78 Å². The lowest BCUT2D eigenvalue weighted by atomic mass is 9.93. The molecule has 0 saturated carbocycles. The Kier molecular flexibility index (Phi) is 5.41. The fourth-order valence-corrected chi connectivity index (χ4v) is 2.98. The molecule has 1 aliphatic rings. The quantitative estimate of drug-likeness (QED) is 0.539. The van der Waals surface area contributed by atoms with Gasteiger partial charge in [0.1, 0.15) is 11.5 Å². The van der Waals surface area contributed by atoms with Crippen molar-refractivity contribution in [3.63, 3.8) is 0 Å². The maximum absolute atomic E-state index is 12.2. The van der Waals surface area contributed by atoms with Crippen molar-refractivity contribution >= 4 is 17.4 Å². The van der Waals surface area contributed by atoms with E-state index in [0.29, 0.717) is 17.9 Å². The van der Waals surface area contributed by atoms with Gasteiger partial charge in [-0.05, 0) is 30.7 Å². The minimum absolute atomic E-state index is 0.111. The summed E-state index contributed by atoms with van der Waals surface area (Å²) in [5.74, 6) is -0.444. The van der Waals surface area contributed by atoms with Crippen molar-refractivity contribution in [2.45, 2.75) is 25.5 Å². The number of amides is 1. The molecule has 2 atom stereocenters. The van der Waals surface area contributed by atoms with Crippen molar-refractivity contribution in [3.8, 4) is 5.75 Å². The van der Waals surface area contributed by atoms with Crippen LogP contribution in [-0.4, -0.2) is 47.0 Å². The second-order valence-electron chi connectivity index (χ2n) is 6.70. The number of nitrogens with one attached hydrogen (secondary N) is 2. The summed E-state index contributed by atoms with van der Waals surface area (Å²) >= 11 is 0. The monoisotopic (exact) mass is 385 g/mol. The van der Waals surface area contributed by atoms with Crippen molar-refractivity contribution in [3.05, 3.63) is 59.3 Å². The van der Waals surface area contributed by atoms with Crippen LogP contribution >= 0.6 is 0 Å². The van der Waals surface area contributed by atoms with E-state index in [1.165, 1.54) is 11.0 Å². The molecule has 1 heterocycles. The minimum Gasteiger partial charge on any atom is -0.505 e. The van der Waals surface area contributed by atoms with Crippen LogP contribution < -0.4 is 10.6 Å². The van der Waals surface area contributed by atoms with E-state index < -0.39 is 11.9 Å². The third-order valence-electron chi connectivity index (χ3n) is 4.59. The number of phenols is 1. The van der Waals surface area contributed by atoms with Crippen molar-refractivity contribution in [1.82, 2.24) is 10.2 Å². The van der Waals surface area contributed by atoms with E-state index in [0.717, 1.165) is 0 Å². The number of aromatic hydroxyl groups is 1. The molecule has 1 aromatic heterocycles. The molecular formula is C20H23N3O5. The lowest BCUT2D eigenvalue weighted by molar-refractivity contribution is -0.124. The molecule has 4 N–H and O–H groups in total. The van der Waals surface area contributed by atoms with Crippen LogP contribution in [-0.2, 0) is 4.79 Å². The van der Waals surface area contributed by atoms with Gasteiger partial charge in [-0.1, -0.05) is 13.0 Å². The number of phenolic OH excluding ortho intramolecular Hbond substituents is 1. The van der Waals surface area contributed by atoms with Crippen LogP contribution in [0.5, 0.6) is 5.75 Å². The van der Waals surface area contributed by atoms with Gasteiger partial charge in [-0.15, -0.1) is 0 Å². The summed E-state index contributed by atoms with van der Waals surface area (Å²) in [5, 5.41) is 26.5. The normalized spacial score (nSPS) is 17.1. The molecule has 0 aliphatic heterocycles. The zero-order valence-electron chi connectivity index (χ0n) is 15.9. The standard InChI is InChI=1S/C20H23N3O5/c1-4-12(14-9-6-10-28-14)21-15-16(19(26)18(15)25)22-13-8-5-7-11(17(13)24)20(27)23(2)3/h5-10,12,18,21-22,24-25H,4H2,1-3H3. The van der Waals surface area contributed by atoms with Crippen LogP contribution in [0, 0.1) is 0 Å². The second kappa shape index (κ2) is 7.77. The summed E-state index contributed by atoms with van der Waals surface area (Å²) in [6.07, 6.45) is 0.949. The summed E-state index contributed by atoms with van der Waals surface area (Å²) in [4.78, 5) is 25.7. The highest BCUT2D eigenvalue weighted by atomic mass is 16.3. The number of carbonyl (C=O) groups is 2. The molecule has 1 aromatic carbocycles. The number of rotatable bonds is 7. The number of anilines is 1. The average molecular weight is 385 g/mol. The van der Waals surface area contributed by atoms with Gasteiger partial charge in [0.25, 0.3) is 5.91 Å². The van der Waals surface area contributed by atoms with Crippen LogP contribution in [0.4, 0.5) is 5.69 Å². The first-order valence-corrected chi connectivity index (χ1v) is 8.92. The van der Waals surface area contributed by atoms with Crippen molar-refractivity contribution in [2.24, 2.45) is 0 Å². The number of aliphatic hydroxyl groups is 1. The zero-order chi connectivity index (χ0) is 20.4. The van der Waals surface area contributed by atoms with E-state index in [4.69, 9.17) is 4.42 Å². The highest BCUT2D eigenvalue weighted by Gasteiger charge is 2.40. The topological polar surface area (TPSA) is 115 Å². The Bertz CT molecular complexity index is 918. The molecule has 0 spiro atoms. The highest BCUT2D eigenvalue weighted by molar-refractivity contribution is 6.11. The Morgan fingerprint density at radius 3 is 2.64 bits per heavy atom. The summed E-state index contributed by atoms with van der Waals surface area (Å²) < 4.78 is 5.40. The van der Waals surface area contributed by atoms with E-state index in [1.807, 2.05) is 13.0 Å². The number of hydrogen-bond acceptors (Lipinski definition) is 7. The lowest BCUT2D eigenvalue weighted by Gasteiger charge is -2.32. The molecule has 8 nitrogen and oxygen atoms in total. The number of nitrogens with zero attached hydrogens (tertiary/aromatic N) is 1. The van der Waals surface area contributed by atoms with Crippen LogP contribution in [0.15, 0.2) is 52.4 Å². The van der Waals surface area contributed by atoms with Crippen LogP contribution in [0.1, 0.15) is 35.5 Å². The Morgan fingerprint density at radius 2 is 2.04 bits per heavy atom. The van der Waals surface area contributed by atoms with Crippen LogP contribution in [0.2, 0.25) is 0 Å². The van der Waals surface area contributed by atoms with E-state index >= 15 is 0 Å². The van der Waals surface area contributed by atoms with Gasteiger partial charge in [0.05, 0.1) is 29.3 Å². The van der Waals surface area contributed by atoms with E-state index in [9.17, 15) is 19.8 Å². The minimum atomic E-state index is -1.28. The van der Waals surface area contributed by atoms with Gasteiger partial charge in [-0.2, -0.15) is 0 Å². The Labute approximate surface area is 162 Å². The molecule has 1 aliphatic carbocycles. The maximum atomic E-state index is 12.2. The number of para-hydroxylation sites is 1. The molecule has 3 rings (SSSR count). The maximum Gasteiger partial charge on any atom is 0.257 e. The number of ketones is 1. The Morgan fingerprint density at radius 1 is 1.29 bits per heavy atom. The average Bonchev–Trinajstić information content (AvgIpc) is 3.22. The van der Waals surface area contributed by atoms with Crippen molar-refractivity contribution in [2.75, 3.05) is 19.4 Å². The summed E-state index contributed by atoms with van der Waals surface area (Å²) in [7, 11) is 3.16. The molecular weight excluding hydrogens is 362 g/mol. The smallest absolute Gasteiger partial charge is 0.257 e. The largest absolute Gasteiger partial charge is 0.505 e. The molecule has 0 saturated heterocycles.